The number of rotatable bonds is 3. The highest BCUT2D eigenvalue weighted by molar-refractivity contribution is 5.81. The number of nitrogens with zero attached hydrogens (tertiary/aromatic N) is 1. The van der Waals surface area contributed by atoms with Gasteiger partial charge in [0.1, 0.15) is 0 Å². The zero-order valence-electron chi connectivity index (χ0n) is 10.4. The fourth-order valence-electron chi connectivity index (χ4n) is 2.26. The lowest BCUT2D eigenvalue weighted by Gasteiger charge is -2.27. The van der Waals surface area contributed by atoms with Gasteiger partial charge in [-0.05, 0) is 24.9 Å². The highest BCUT2D eigenvalue weighted by atomic mass is 16.2. The lowest BCUT2D eigenvalue weighted by molar-refractivity contribution is -0.133. The summed E-state index contributed by atoms with van der Waals surface area (Å²) in [6.07, 6.45) is 3.31. The zero-order valence-corrected chi connectivity index (χ0v) is 10.4. The van der Waals surface area contributed by atoms with Gasteiger partial charge in [0, 0.05) is 13.6 Å². The Bertz CT molecular complexity index is 358. The van der Waals surface area contributed by atoms with Gasteiger partial charge in [0.05, 0.1) is 6.04 Å². The summed E-state index contributed by atoms with van der Waals surface area (Å²) in [7, 11) is 1.88. The number of carbonyl (C=O) groups excluding carboxylic acids is 1. The Morgan fingerprint density at radius 3 is 2.76 bits per heavy atom. The molecule has 3 heteroatoms. The smallest absolute Gasteiger partial charge is 0.239 e. The van der Waals surface area contributed by atoms with E-state index in [9.17, 15) is 4.79 Å². The van der Waals surface area contributed by atoms with Crippen molar-refractivity contribution in [3.8, 4) is 0 Å². The molecule has 3 nitrogen and oxygen atoms in total. The summed E-state index contributed by atoms with van der Waals surface area (Å²) in [5.41, 5.74) is 1.18. The molecule has 92 valence electrons. The van der Waals surface area contributed by atoms with Crippen LogP contribution in [0.2, 0.25) is 0 Å². The van der Waals surface area contributed by atoms with E-state index in [1.165, 1.54) is 12.0 Å². The van der Waals surface area contributed by atoms with Gasteiger partial charge in [0.25, 0.3) is 0 Å². The first-order chi connectivity index (χ1) is 8.27. The quantitative estimate of drug-likeness (QED) is 0.861. The van der Waals surface area contributed by atoms with Gasteiger partial charge < -0.3 is 10.2 Å². The number of nitrogens with one attached hydrogen (secondary N) is 1. The summed E-state index contributed by atoms with van der Waals surface area (Å²) >= 11 is 0. The molecule has 1 aliphatic rings. The molecule has 1 heterocycles. The summed E-state index contributed by atoms with van der Waals surface area (Å²) < 4.78 is 0. The number of benzene rings is 1. The SMILES string of the molecule is CN(Cc1ccccc1)C(=O)[C@@H]1CCCCN1. The summed E-state index contributed by atoms with van der Waals surface area (Å²) in [5, 5.41) is 3.29. The Labute approximate surface area is 103 Å². The van der Waals surface area contributed by atoms with Crippen LogP contribution in [-0.2, 0) is 11.3 Å². The van der Waals surface area contributed by atoms with E-state index < -0.39 is 0 Å². The molecule has 0 saturated carbocycles. The molecule has 1 saturated heterocycles. The number of piperidine rings is 1. The fraction of sp³-hybridized carbons (Fsp3) is 0.500. The maximum absolute atomic E-state index is 12.2. The monoisotopic (exact) mass is 232 g/mol. The fourth-order valence-corrected chi connectivity index (χ4v) is 2.26. The van der Waals surface area contributed by atoms with E-state index in [1.54, 1.807) is 0 Å². The van der Waals surface area contributed by atoms with Gasteiger partial charge in [-0.2, -0.15) is 0 Å². The van der Waals surface area contributed by atoms with Gasteiger partial charge in [0.15, 0.2) is 0 Å². The van der Waals surface area contributed by atoms with Gasteiger partial charge in [-0.15, -0.1) is 0 Å². The van der Waals surface area contributed by atoms with Crippen LogP contribution in [0.25, 0.3) is 0 Å². The van der Waals surface area contributed by atoms with Crippen LogP contribution in [0.1, 0.15) is 24.8 Å². The summed E-state index contributed by atoms with van der Waals surface area (Å²) in [4.78, 5) is 14.0. The first-order valence-electron chi connectivity index (χ1n) is 6.29. The third-order valence-electron chi connectivity index (χ3n) is 3.25. The van der Waals surface area contributed by atoms with Crippen LogP contribution in [0.5, 0.6) is 0 Å². The van der Waals surface area contributed by atoms with Crippen LogP contribution in [0.3, 0.4) is 0 Å². The predicted octanol–water partition coefficient (Wildman–Crippen LogP) is 1.79. The van der Waals surface area contributed by atoms with E-state index in [0.29, 0.717) is 6.54 Å². The van der Waals surface area contributed by atoms with Crippen molar-refractivity contribution in [2.24, 2.45) is 0 Å². The van der Waals surface area contributed by atoms with Gasteiger partial charge in [0.2, 0.25) is 5.91 Å². The third kappa shape index (κ3) is 3.30. The topological polar surface area (TPSA) is 32.3 Å². The molecule has 0 spiro atoms. The van der Waals surface area contributed by atoms with E-state index in [2.05, 4.69) is 17.4 Å². The Morgan fingerprint density at radius 2 is 2.12 bits per heavy atom. The first kappa shape index (κ1) is 12.1. The van der Waals surface area contributed by atoms with Crippen LogP contribution in [0, 0.1) is 0 Å². The van der Waals surface area contributed by atoms with Gasteiger partial charge in [-0.3, -0.25) is 4.79 Å². The molecule has 1 amide bonds. The molecule has 1 aliphatic heterocycles. The second-order valence-electron chi connectivity index (χ2n) is 4.68. The average molecular weight is 232 g/mol. The molecule has 0 bridgehead atoms. The highest BCUT2D eigenvalue weighted by Gasteiger charge is 2.23. The maximum atomic E-state index is 12.2. The van der Waals surface area contributed by atoms with Crippen molar-refractivity contribution in [2.45, 2.75) is 31.8 Å². The molecule has 1 aromatic rings. The highest BCUT2D eigenvalue weighted by Crippen LogP contribution is 2.11. The first-order valence-corrected chi connectivity index (χ1v) is 6.29. The minimum absolute atomic E-state index is 0.0254. The Morgan fingerprint density at radius 1 is 1.35 bits per heavy atom. The second kappa shape index (κ2) is 5.82. The van der Waals surface area contributed by atoms with E-state index in [-0.39, 0.29) is 11.9 Å². The normalized spacial score (nSPS) is 19.9. The molecule has 0 aliphatic carbocycles. The minimum atomic E-state index is 0.0254. The third-order valence-corrected chi connectivity index (χ3v) is 3.25. The number of amides is 1. The number of carbonyl (C=O) groups is 1. The van der Waals surface area contributed by atoms with E-state index >= 15 is 0 Å². The molecule has 0 unspecified atom stereocenters. The van der Waals surface area contributed by atoms with E-state index in [1.807, 2.05) is 30.1 Å². The zero-order chi connectivity index (χ0) is 12.1. The van der Waals surface area contributed by atoms with Crippen molar-refractivity contribution >= 4 is 5.91 Å². The van der Waals surface area contributed by atoms with Crippen LogP contribution >= 0.6 is 0 Å². The van der Waals surface area contributed by atoms with Crippen LogP contribution in [0.15, 0.2) is 30.3 Å². The van der Waals surface area contributed by atoms with Crippen molar-refractivity contribution in [1.82, 2.24) is 10.2 Å². The van der Waals surface area contributed by atoms with Crippen LogP contribution < -0.4 is 5.32 Å². The van der Waals surface area contributed by atoms with Crippen molar-refractivity contribution in [2.75, 3.05) is 13.6 Å². The van der Waals surface area contributed by atoms with E-state index in [4.69, 9.17) is 0 Å². The lowest BCUT2D eigenvalue weighted by atomic mass is 10.0. The second-order valence-corrected chi connectivity index (χ2v) is 4.68. The maximum Gasteiger partial charge on any atom is 0.239 e. The standard InChI is InChI=1S/C14H20N2O/c1-16(11-12-7-3-2-4-8-12)14(17)13-9-5-6-10-15-13/h2-4,7-8,13,15H,5-6,9-11H2,1H3/t13-/m0/s1. The molecule has 17 heavy (non-hydrogen) atoms. The van der Waals surface area contributed by atoms with Gasteiger partial charge >= 0.3 is 0 Å². The van der Waals surface area contributed by atoms with Crippen molar-refractivity contribution in [3.05, 3.63) is 35.9 Å². The van der Waals surface area contributed by atoms with Crippen molar-refractivity contribution < 1.29 is 4.79 Å². The molecule has 0 radical (unpaired) electrons. The van der Waals surface area contributed by atoms with Crippen LogP contribution in [0.4, 0.5) is 0 Å². The number of likely N-dealkylation sites (N-methyl/N-ethyl adjacent to an activating group) is 1. The molecule has 2 rings (SSSR count). The largest absolute Gasteiger partial charge is 0.340 e. The number of hydrogen-bond donors (Lipinski definition) is 1. The van der Waals surface area contributed by atoms with Crippen molar-refractivity contribution in [3.63, 3.8) is 0 Å². The number of hydrogen-bond acceptors (Lipinski definition) is 2. The van der Waals surface area contributed by atoms with E-state index in [0.717, 1.165) is 19.4 Å². The molecule has 1 fully saturated rings. The van der Waals surface area contributed by atoms with Gasteiger partial charge in [-0.1, -0.05) is 36.8 Å². The van der Waals surface area contributed by atoms with Crippen molar-refractivity contribution in [1.29, 1.82) is 0 Å². The minimum Gasteiger partial charge on any atom is -0.340 e. The molecular weight excluding hydrogens is 212 g/mol. The Balaban J connectivity index is 1.90. The van der Waals surface area contributed by atoms with Gasteiger partial charge in [-0.25, -0.2) is 0 Å². The Kier molecular flexibility index (Phi) is 4.15. The molecule has 0 aromatic heterocycles. The summed E-state index contributed by atoms with van der Waals surface area (Å²) in [6, 6.07) is 10.1. The summed E-state index contributed by atoms with van der Waals surface area (Å²) in [5.74, 6) is 0.216. The molecular formula is C14H20N2O. The predicted molar refractivity (Wildman–Crippen MR) is 68.6 cm³/mol. The summed E-state index contributed by atoms with van der Waals surface area (Å²) in [6.45, 7) is 1.66. The Hall–Kier alpha value is -1.35. The lowest BCUT2D eigenvalue weighted by Crippen LogP contribution is -2.46. The molecule has 1 atom stereocenters. The average Bonchev–Trinajstić information content (AvgIpc) is 2.40. The van der Waals surface area contributed by atoms with Crippen LogP contribution in [-0.4, -0.2) is 30.4 Å². The molecule has 1 aromatic carbocycles. The molecule has 1 N–H and O–H groups in total.